The number of pyridine rings is 1. The first-order valence-corrected chi connectivity index (χ1v) is 6.88. The van der Waals surface area contributed by atoms with Crippen molar-refractivity contribution >= 4 is 11.0 Å². The van der Waals surface area contributed by atoms with Crippen LogP contribution >= 0.6 is 0 Å². The van der Waals surface area contributed by atoms with E-state index in [4.69, 9.17) is 4.98 Å². The molecular formula is C18H13N3. The smallest absolute Gasteiger partial charge is 0.118 e. The monoisotopic (exact) mass is 271 g/mol. The van der Waals surface area contributed by atoms with Crippen LogP contribution in [-0.2, 0) is 0 Å². The van der Waals surface area contributed by atoms with Gasteiger partial charge in [-0.15, -0.1) is 0 Å². The highest BCUT2D eigenvalue weighted by Crippen LogP contribution is 2.27. The lowest BCUT2D eigenvalue weighted by Crippen LogP contribution is -1.85. The second kappa shape index (κ2) is 4.87. The topological polar surface area (TPSA) is 41.6 Å². The number of hydrogen-bond donors (Lipinski definition) is 1. The van der Waals surface area contributed by atoms with Gasteiger partial charge in [-0.05, 0) is 12.1 Å². The lowest BCUT2D eigenvalue weighted by atomic mass is 10.1. The fourth-order valence-electron chi connectivity index (χ4n) is 2.47. The van der Waals surface area contributed by atoms with Gasteiger partial charge in [-0.1, -0.05) is 60.7 Å². The first-order chi connectivity index (χ1) is 10.4. The van der Waals surface area contributed by atoms with Gasteiger partial charge in [-0.25, -0.2) is 4.98 Å². The predicted octanol–water partition coefficient (Wildman–Crippen LogP) is 4.29. The fraction of sp³-hybridized carbons (Fsp3) is 0. The molecule has 0 unspecified atom stereocenters. The van der Waals surface area contributed by atoms with Gasteiger partial charge < -0.3 is 0 Å². The van der Waals surface area contributed by atoms with Crippen LogP contribution in [0, 0.1) is 0 Å². The Balaban J connectivity index is 1.91. The summed E-state index contributed by atoms with van der Waals surface area (Å²) in [6.45, 7) is 0. The van der Waals surface area contributed by atoms with Crippen LogP contribution in [0.3, 0.4) is 0 Å². The molecule has 0 atom stereocenters. The van der Waals surface area contributed by atoms with E-state index in [1.807, 2.05) is 60.7 Å². The highest BCUT2D eigenvalue weighted by molar-refractivity contribution is 5.90. The standard InChI is InChI=1S/C18H13N3/c1-3-7-13(8-4-1)15-11-12-16-18(19-15)17(21-20-16)14-9-5-2-6-10-14/h1-12H,(H,20,21). The van der Waals surface area contributed by atoms with Gasteiger partial charge in [0.05, 0.1) is 11.2 Å². The van der Waals surface area contributed by atoms with Crippen molar-refractivity contribution in [2.24, 2.45) is 0 Å². The minimum atomic E-state index is 0.892. The number of aromatic nitrogens is 3. The maximum absolute atomic E-state index is 4.79. The highest BCUT2D eigenvalue weighted by atomic mass is 15.1. The van der Waals surface area contributed by atoms with Crippen LogP contribution in [0.5, 0.6) is 0 Å². The van der Waals surface area contributed by atoms with Crippen molar-refractivity contribution in [1.82, 2.24) is 15.2 Å². The van der Waals surface area contributed by atoms with E-state index in [1.54, 1.807) is 0 Å². The van der Waals surface area contributed by atoms with E-state index in [9.17, 15) is 0 Å². The largest absolute Gasteiger partial charge is 0.276 e. The zero-order valence-corrected chi connectivity index (χ0v) is 11.3. The molecule has 0 spiro atoms. The number of nitrogens with zero attached hydrogens (tertiary/aromatic N) is 2. The molecule has 4 aromatic rings. The third-order valence-corrected chi connectivity index (χ3v) is 3.52. The average Bonchev–Trinajstić information content (AvgIpc) is 2.99. The van der Waals surface area contributed by atoms with E-state index in [2.05, 4.69) is 22.3 Å². The van der Waals surface area contributed by atoms with Crippen molar-refractivity contribution in [2.45, 2.75) is 0 Å². The molecule has 0 bridgehead atoms. The number of fused-ring (bicyclic) bond motifs is 1. The Bertz CT molecular complexity index is 880. The van der Waals surface area contributed by atoms with E-state index < -0.39 is 0 Å². The van der Waals surface area contributed by atoms with Crippen molar-refractivity contribution in [1.29, 1.82) is 0 Å². The Morgan fingerprint density at radius 1 is 0.667 bits per heavy atom. The molecule has 3 nitrogen and oxygen atoms in total. The van der Waals surface area contributed by atoms with Gasteiger partial charge in [0.15, 0.2) is 0 Å². The third kappa shape index (κ3) is 2.09. The minimum absolute atomic E-state index is 0.892. The molecular weight excluding hydrogens is 258 g/mol. The Labute approximate surface area is 122 Å². The summed E-state index contributed by atoms with van der Waals surface area (Å²) in [6, 6.07) is 24.4. The first-order valence-electron chi connectivity index (χ1n) is 6.88. The number of nitrogens with one attached hydrogen (secondary N) is 1. The normalized spacial score (nSPS) is 10.9. The zero-order chi connectivity index (χ0) is 14.1. The second-order valence-corrected chi connectivity index (χ2v) is 4.90. The molecule has 0 aliphatic heterocycles. The van der Waals surface area contributed by atoms with E-state index >= 15 is 0 Å². The number of benzene rings is 2. The molecule has 0 aliphatic rings. The molecule has 0 saturated heterocycles. The molecule has 0 saturated carbocycles. The van der Waals surface area contributed by atoms with Crippen LogP contribution < -0.4 is 0 Å². The Hall–Kier alpha value is -2.94. The summed E-state index contributed by atoms with van der Waals surface area (Å²) in [7, 11) is 0. The Morgan fingerprint density at radius 3 is 2.05 bits per heavy atom. The fourth-order valence-corrected chi connectivity index (χ4v) is 2.47. The highest BCUT2D eigenvalue weighted by Gasteiger charge is 2.10. The molecule has 0 radical (unpaired) electrons. The number of rotatable bonds is 2. The molecule has 3 heteroatoms. The summed E-state index contributed by atoms with van der Waals surface area (Å²) in [4.78, 5) is 4.79. The lowest BCUT2D eigenvalue weighted by molar-refractivity contribution is 1.12. The summed E-state index contributed by atoms with van der Waals surface area (Å²) < 4.78 is 0. The van der Waals surface area contributed by atoms with E-state index in [-0.39, 0.29) is 0 Å². The van der Waals surface area contributed by atoms with Gasteiger partial charge in [0.1, 0.15) is 11.2 Å². The summed E-state index contributed by atoms with van der Waals surface area (Å²) >= 11 is 0. The zero-order valence-electron chi connectivity index (χ0n) is 11.3. The van der Waals surface area contributed by atoms with Gasteiger partial charge in [0, 0.05) is 11.1 Å². The molecule has 4 rings (SSSR count). The van der Waals surface area contributed by atoms with E-state index in [0.29, 0.717) is 0 Å². The summed E-state index contributed by atoms with van der Waals surface area (Å²) in [6.07, 6.45) is 0. The molecule has 2 aromatic heterocycles. The van der Waals surface area contributed by atoms with E-state index in [1.165, 1.54) is 0 Å². The maximum Gasteiger partial charge on any atom is 0.118 e. The van der Waals surface area contributed by atoms with Crippen LogP contribution in [-0.4, -0.2) is 15.2 Å². The predicted molar refractivity (Wildman–Crippen MR) is 84.8 cm³/mol. The second-order valence-electron chi connectivity index (χ2n) is 4.90. The number of H-pyrrole nitrogens is 1. The molecule has 0 fully saturated rings. The summed E-state index contributed by atoms with van der Waals surface area (Å²) in [5.41, 5.74) is 5.89. The maximum atomic E-state index is 4.79. The number of hydrogen-bond acceptors (Lipinski definition) is 2. The Morgan fingerprint density at radius 2 is 1.33 bits per heavy atom. The van der Waals surface area contributed by atoms with E-state index in [0.717, 1.165) is 33.5 Å². The molecule has 2 aromatic carbocycles. The Kier molecular flexibility index (Phi) is 2.75. The van der Waals surface area contributed by atoms with Gasteiger partial charge in [0.25, 0.3) is 0 Å². The van der Waals surface area contributed by atoms with Crippen molar-refractivity contribution in [2.75, 3.05) is 0 Å². The third-order valence-electron chi connectivity index (χ3n) is 3.52. The van der Waals surface area contributed by atoms with Crippen LogP contribution in [0.1, 0.15) is 0 Å². The molecule has 0 aliphatic carbocycles. The molecule has 0 amide bonds. The van der Waals surface area contributed by atoms with Gasteiger partial charge in [-0.3, -0.25) is 5.10 Å². The molecule has 2 heterocycles. The summed E-state index contributed by atoms with van der Waals surface area (Å²) in [5, 5.41) is 7.47. The van der Waals surface area contributed by atoms with Gasteiger partial charge in [0.2, 0.25) is 0 Å². The van der Waals surface area contributed by atoms with Gasteiger partial charge >= 0.3 is 0 Å². The van der Waals surface area contributed by atoms with Crippen molar-refractivity contribution < 1.29 is 0 Å². The lowest BCUT2D eigenvalue weighted by Gasteiger charge is -2.01. The van der Waals surface area contributed by atoms with Crippen LogP contribution in [0.15, 0.2) is 72.8 Å². The number of aromatic amines is 1. The van der Waals surface area contributed by atoms with Crippen molar-refractivity contribution in [3.8, 4) is 22.5 Å². The minimum Gasteiger partial charge on any atom is -0.276 e. The first kappa shape index (κ1) is 11.9. The van der Waals surface area contributed by atoms with Crippen LogP contribution in [0.25, 0.3) is 33.5 Å². The summed E-state index contributed by atoms with van der Waals surface area (Å²) in [5.74, 6) is 0. The van der Waals surface area contributed by atoms with Crippen LogP contribution in [0.4, 0.5) is 0 Å². The average molecular weight is 271 g/mol. The quantitative estimate of drug-likeness (QED) is 0.591. The SMILES string of the molecule is c1ccc(-c2ccc3[nH]nc(-c4ccccc4)c3n2)cc1. The van der Waals surface area contributed by atoms with Gasteiger partial charge in [-0.2, -0.15) is 5.10 Å². The molecule has 21 heavy (non-hydrogen) atoms. The molecule has 100 valence electrons. The van der Waals surface area contributed by atoms with Crippen LogP contribution in [0.2, 0.25) is 0 Å². The van der Waals surface area contributed by atoms with Crippen molar-refractivity contribution in [3.05, 3.63) is 72.8 Å². The molecule has 1 N–H and O–H groups in total. The van der Waals surface area contributed by atoms with Crippen molar-refractivity contribution in [3.63, 3.8) is 0 Å².